The molecule has 21 heavy (non-hydrogen) atoms. The van der Waals surface area contributed by atoms with Crippen molar-refractivity contribution in [1.29, 1.82) is 0 Å². The van der Waals surface area contributed by atoms with Gasteiger partial charge in [-0.15, -0.1) is 0 Å². The number of rotatable bonds is 3. The molecular formula is C17H15ClN2O. The lowest BCUT2D eigenvalue weighted by atomic mass is 10.00. The van der Waals surface area contributed by atoms with Gasteiger partial charge >= 0.3 is 0 Å². The molecule has 1 atom stereocenters. The van der Waals surface area contributed by atoms with Gasteiger partial charge in [0.25, 0.3) is 0 Å². The third kappa shape index (κ3) is 2.71. The SMILES string of the molecule is Cc1c(Cl)cccc1C(O)c1cnn(-c2ccccc2)c1. The first-order chi connectivity index (χ1) is 10.2. The summed E-state index contributed by atoms with van der Waals surface area (Å²) in [5, 5.41) is 15.5. The molecule has 0 saturated heterocycles. The van der Waals surface area contributed by atoms with Crippen LogP contribution < -0.4 is 0 Å². The lowest BCUT2D eigenvalue weighted by Gasteiger charge is -2.13. The second-order valence-corrected chi connectivity index (χ2v) is 5.32. The molecule has 3 nitrogen and oxygen atoms in total. The number of nitrogens with zero attached hydrogens (tertiary/aromatic N) is 2. The summed E-state index contributed by atoms with van der Waals surface area (Å²) in [4.78, 5) is 0. The fraction of sp³-hybridized carbons (Fsp3) is 0.118. The molecule has 0 radical (unpaired) electrons. The molecule has 3 aromatic rings. The fourth-order valence-corrected chi connectivity index (χ4v) is 2.48. The normalized spacial score (nSPS) is 12.3. The predicted octanol–water partition coefficient (Wildman–Crippen LogP) is 3.92. The summed E-state index contributed by atoms with van der Waals surface area (Å²) in [6.45, 7) is 1.91. The molecular weight excluding hydrogens is 284 g/mol. The summed E-state index contributed by atoms with van der Waals surface area (Å²) >= 11 is 6.11. The van der Waals surface area contributed by atoms with Crippen LogP contribution in [0.25, 0.3) is 5.69 Å². The van der Waals surface area contributed by atoms with E-state index in [1.165, 1.54) is 0 Å². The molecule has 0 amide bonds. The quantitative estimate of drug-likeness (QED) is 0.796. The van der Waals surface area contributed by atoms with Gasteiger partial charge < -0.3 is 5.11 Å². The van der Waals surface area contributed by atoms with Gasteiger partial charge in [-0.3, -0.25) is 0 Å². The summed E-state index contributed by atoms with van der Waals surface area (Å²) in [6.07, 6.45) is 2.78. The number of hydrogen-bond acceptors (Lipinski definition) is 2. The van der Waals surface area contributed by atoms with Crippen LogP contribution in [-0.4, -0.2) is 14.9 Å². The molecule has 0 aliphatic rings. The maximum atomic E-state index is 10.5. The molecule has 0 aliphatic heterocycles. The zero-order valence-electron chi connectivity index (χ0n) is 11.6. The molecule has 2 aromatic carbocycles. The van der Waals surface area contributed by atoms with E-state index in [0.29, 0.717) is 5.02 Å². The summed E-state index contributed by atoms with van der Waals surface area (Å²) in [5.41, 5.74) is 3.39. The van der Waals surface area contributed by atoms with Crippen molar-refractivity contribution in [2.45, 2.75) is 13.0 Å². The number of aliphatic hydroxyl groups is 1. The molecule has 0 aliphatic carbocycles. The Labute approximate surface area is 128 Å². The number of para-hydroxylation sites is 1. The second-order valence-electron chi connectivity index (χ2n) is 4.91. The molecule has 0 fully saturated rings. The highest BCUT2D eigenvalue weighted by Crippen LogP contribution is 2.28. The first kappa shape index (κ1) is 13.9. The summed E-state index contributed by atoms with van der Waals surface area (Å²) in [5.74, 6) is 0. The van der Waals surface area contributed by atoms with Crippen molar-refractivity contribution < 1.29 is 5.11 Å². The first-order valence-corrected chi connectivity index (χ1v) is 7.07. The van der Waals surface area contributed by atoms with Crippen molar-refractivity contribution in [3.63, 3.8) is 0 Å². The van der Waals surface area contributed by atoms with Crippen LogP contribution in [0.15, 0.2) is 60.9 Å². The van der Waals surface area contributed by atoms with Gasteiger partial charge in [0, 0.05) is 16.8 Å². The van der Waals surface area contributed by atoms with Gasteiger partial charge in [0.2, 0.25) is 0 Å². The van der Waals surface area contributed by atoms with Gasteiger partial charge in [-0.2, -0.15) is 5.10 Å². The molecule has 1 unspecified atom stereocenters. The molecule has 0 saturated carbocycles. The van der Waals surface area contributed by atoms with Gasteiger partial charge in [-0.1, -0.05) is 41.9 Å². The molecule has 1 N–H and O–H groups in total. The van der Waals surface area contributed by atoms with E-state index < -0.39 is 6.10 Å². The maximum Gasteiger partial charge on any atom is 0.107 e. The molecule has 1 heterocycles. The van der Waals surface area contributed by atoms with E-state index in [-0.39, 0.29) is 0 Å². The Morgan fingerprint density at radius 3 is 2.62 bits per heavy atom. The highest BCUT2D eigenvalue weighted by Gasteiger charge is 2.16. The van der Waals surface area contributed by atoms with Crippen molar-refractivity contribution in [2.75, 3.05) is 0 Å². The summed E-state index contributed by atoms with van der Waals surface area (Å²) < 4.78 is 1.75. The number of aromatic nitrogens is 2. The van der Waals surface area contributed by atoms with Gasteiger partial charge in [-0.25, -0.2) is 4.68 Å². The van der Waals surface area contributed by atoms with Gasteiger partial charge in [-0.05, 0) is 36.2 Å². The monoisotopic (exact) mass is 298 g/mol. The summed E-state index contributed by atoms with van der Waals surface area (Å²) in [7, 11) is 0. The predicted molar refractivity (Wildman–Crippen MR) is 83.8 cm³/mol. The van der Waals surface area contributed by atoms with E-state index in [1.54, 1.807) is 10.9 Å². The molecule has 0 bridgehead atoms. The van der Waals surface area contributed by atoms with Crippen molar-refractivity contribution in [3.8, 4) is 5.69 Å². The third-order valence-electron chi connectivity index (χ3n) is 3.54. The Kier molecular flexibility index (Phi) is 3.78. The van der Waals surface area contributed by atoms with Crippen LogP contribution >= 0.6 is 11.6 Å². The van der Waals surface area contributed by atoms with Crippen molar-refractivity contribution in [1.82, 2.24) is 9.78 Å². The molecule has 0 spiro atoms. The molecule has 4 heteroatoms. The summed E-state index contributed by atoms with van der Waals surface area (Å²) in [6, 6.07) is 15.3. The highest BCUT2D eigenvalue weighted by molar-refractivity contribution is 6.31. The van der Waals surface area contributed by atoms with Crippen LogP contribution in [0, 0.1) is 6.92 Å². The van der Waals surface area contributed by atoms with Gasteiger partial charge in [0.05, 0.1) is 11.9 Å². The van der Waals surface area contributed by atoms with E-state index in [4.69, 9.17) is 11.6 Å². The molecule has 1 aromatic heterocycles. The largest absolute Gasteiger partial charge is 0.384 e. The topological polar surface area (TPSA) is 38.1 Å². The first-order valence-electron chi connectivity index (χ1n) is 6.70. The van der Waals surface area contributed by atoms with E-state index >= 15 is 0 Å². The average Bonchev–Trinajstić information content (AvgIpc) is 3.00. The van der Waals surface area contributed by atoms with Crippen LogP contribution in [-0.2, 0) is 0 Å². The van der Waals surface area contributed by atoms with Crippen molar-refractivity contribution >= 4 is 11.6 Å². The van der Waals surface area contributed by atoms with Gasteiger partial charge in [0.1, 0.15) is 6.10 Å². The minimum absolute atomic E-state index is 0.655. The second kappa shape index (κ2) is 5.72. The van der Waals surface area contributed by atoms with Crippen LogP contribution in [0.2, 0.25) is 5.02 Å². The van der Waals surface area contributed by atoms with Crippen molar-refractivity contribution in [3.05, 3.63) is 82.6 Å². The van der Waals surface area contributed by atoms with E-state index in [1.807, 2.05) is 61.7 Å². The van der Waals surface area contributed by atoms with Crippen LogP contribution in [0.5, 0.6) is 0 Å². The van der Waals surface area contributed by atoms with Crippen LogP contribution in [0.4, 0.5) is 0 Å². The third-order valence-corrected chi connectivity index (χ3v) is 3.95. The maximum absolute atomic E-state index is 10.5. The Morgan fingerprint density at radius 1 is 1.10 bits per heavy atom. The smallest absolute Gasteiger partial charge is 0.107 e. The lowest BCUT2D eigenvalue weighted by molar-refractivity contribution is 0.219. The van der Waals surface area contributed by atoms with Crippen molar-refractivity contribution in [2.24, 2.45) is 0 Å². The average molecular weight is 299 g/mol. The van der Waals surface area contributed by atoms with E-state index in [0.717, 1.165) is 22.4 Å². The standard InChI is InChI=1S/C17H15ClN2O/c1-12-15(8-5-9-16(12)18)17(21)13-10-19-20(11-13)14-6-3-2-4-7-14/h2-11,17,21H,1H3. The Hall–Kier alpha value is -2.10. The number of aliphatic hydroxyl groups excluding tert-OH is 1. The van der Waals surface area contributed by atoms with Gasteiger partial charge in [0.15, 0.2) is 0 Å². The van der Waals surface area contributed by atoms with E-state index in [9.17, 15) is 5.11 Å². The molecule has 3 rings (SSSR count). The molecule has 106 valence electrons. The van der Waals surface area contributed by atoms with Crippen LogP contribution in [0.1, 0.15) is 22.8 Å². The lowest BCUT2D eigenvalue weighted by Crippen LogP contribution is -2.01. The zero-order chi connectivity index (χ0) is 14.8. The minimum Gasteiger partial charge on any atom is -0.384 e. The zero-order valence-corrected chi connectivity index (χ0v) is 12.3. The number of hydrogen-bond donors (Lipinski definition) is 1. The Bertz CT molecular complexity index is 752. The fourth-order valence-electron chi connectivity index (χ4n) is 2.30. The Balaban J connectivity index is 1.95. The van der Waals surface area contributed by atoms with E-state index in [2.05, 4.69) is 5.10 Å². The number of benzene rings is 2. The highest BCUT2D eigenvalue weighted by atomic mass is 35.5. The Morgan fingerprint density at radius 2 is 1.86 bits per heavy atom. The number of halogens is 1. The minimum atomic E-state index is -0.735. The van der Waals surface area contributed by atoms with Crippen LogP contribution in [0.3, 0.4) is 0 Å².